The number of hydrogen-bond acceptors (Lipinski definition) is 2. The van der Waals surface area contributed by atoms with E-state index < -0.39 is 5.97 Å². The van der Waals surface area contributed by atoms with E-state index in [0.717, 1.165) is 44.9 Å². The summed E-state index contributed by atoms with van der Waals surface area (Å²) in [5.41, 5.74) is 8.72. The molecule has 0 fully saturated rings. The fourth-order valence-corrected chi connectivity index (χ4v) is 1.43. The lowest BCUT2D eigenvalue weighted by Crippen LogP contribution is -1.93. The first-order chi connectivity index (χ1) is 7.66. The van der Waals surface area contributed by atoms with E-state index in [1.165, 1.54) is 0 Å². The summed E-state index contributed by atoms with van der Waals surface area (Å²) in [4.78, 5) is 12.9. The molecular weight excluding hydrogens is 206 g/mol. The minimum Gasteiger partial charge on any atom is -0.481 e. The van der Waals surface area contributed by atoms with E-state index in [1.54, 1.807) is 0 Å². The molecule has 0 saturated heterocycles. The van der Waals surface area contributed by atoms with Crippen LogP contribution in [0.3, 0.4) is 0 Å². The van der Waals surface area contributed by atoms with Gasteiger partial charge in [0, 0.05) is 17.0 Å². The predicted molar refractivity (Wildman–Crippen MR) is 62.9 cm³/mol. The van der Waals surface area contributed by atoms with Gasteiger partial charge in [-0.05, 0) is 24.8 Å². The first kappa shape index (κ1) is 14.5. The van der Waals surface area contributed by atoms with Gasteiger partial charge in [-0.15, -0.1) is 0 Å². The zero-order valence-electron chi connectivity index (χ0n) is 9.56. The first-order valence-corrected chi connectivity index (χ1v) is 5.61. The van der Waals surface area contributed by atoms with E-state index in [0.29, 0.717) is 5.70 Å². The van der Waals surface area contributed by atoms with Gasteiger partial charge in [0.1, 0.15) is 0 Å². The van der Waals surface area contributed by atoms with Crippen LogP contribution in [0, 0.1) is 0 Å². The topological polar surface area (TPSA) is 86.1 Å². The van der Waals surface area contributed by atoms with Crippen molar-refractivity contribution in [2.45, 2.75) is 51.4 Å². The number of unbranched alkanes of at least 4 members (excludes halogenated alkanes) is 5. The Kier molecular flexibility index (Phi) is 9.12. The summed E-state index contributed by atoms with van der Waals surface area (Å²) in [5.74, 6) is -0.717. The molecular formula is C11H19N3O2. The van der Waals surface area contributed by atoms with Crippen LogP contribution in [0.4, 0.5) is 0 Å². The van der Waals surface area contributed by atoms with E-state index in [1.807, 2.05) is 0 Å². The van der Waals surface area contributed by atoms with Crippen LogP contribution in [-0.2, 0) is 4.79 Å². The third kappa shape index (κ3) is 10.6. The maximum Gasteiger partial charge on any atom is 0.303 e. The number of aliphatic carboxylic acids is 1. The second kappa shape index (κ2) is 10.1. The van der Waals surface area contributed by atoms with Crippen molar-refractivity contribution < 1.29 is 9.90 Å². The maximum absolute atomic E-state index is 10.2. The van der Waals surface area contributed by atoms with Crippen LogP contribution in [0.25, 0.3) is 10.4 Å². The number of hydrogen-bond donors (Lipinski definition) is 1. The number of azide groups is 1. The number of carbonyl (C=O) groups is 1. The first-order valence-electron chi connectivity index (χ1n) is 5.61. The van der Waals surface area contributed by atoms with Crippen LogP contribution in [0.2, 0.25) is 0 Å². The molecule has 0 aliphatic carbocycles. The Balaban J connectivity index is 3.18. The molecule has 1 N–H and O–H groups in total. The molecule has 90 valence electrons. The largest absolute Gasteiger partial charge is 0.481 e. The Morgan fingerprint density at radius 2 is 1.62 bits per heavy atom. The summed E-state index contributed by atoms with van der Waals surface area (Å²) in [6.07, 6.45) is 6.99. The lowest BCUT2D eigenvalue weighted by atomic mass is 10.1. The van der Waals surface area contributed by atoms with Crippen LogP contribution < -0.4 is 0 Å². The molecule has 16 heavy (non-hydrogen) atoms. The molecule has 0 aromatic carbocycles. The Labute approximate surface area is 95.8 Å². The lowest BCUT2D eigenvalue weighted by molar-refractivity contribution is -0.137. The fourth-order valence-electron chi connectivity index (χ4n) is 1.43. The Bertz CT molecular complexity index is 270. The predicted octanol–water partition coefficient (Wildman–Crippen LogP) is 4.02. The van der Waals surface area contributed by atoms with Crippen LogP contribution in [0.15, 0.2) is 17.4 Å². The van der Waals surface area contributed by atoms with E-state index in [4.69, 9.17) is 10.6 Å². The van der Waals surface area contributed by atoms with Crippen molar-refractivity contribution in [1.82, 2.24) is 0 Å². The van der Waals surface area contributed by atoms with Gasteiger partial charge in [-0.25, -0.2) is 0 Å². The average molecular weight is 225 g/mol. The van der Waals surface area contributed by atoms with Crippen molar-refractivity contribution in [3.63, 3.8) is 0 Å². The molecule has 5 nitrogen and oxygen atoms in total. The molecule has 0 amide bonds. The van der Waals surface area contributed by atoms with Gasteiger partial charge in [0.05, 0.1) is 0 Å². The number of nitrogens with zero attached hydrogens (tertiary/aromatic N) is 3. The molecule has 0 aliphatic rings. The number of allylic oxidation sites excluding steroid dienone is 1. The van der Waals surface area contributed by atoms with E-state index in [9.17, 15) is 4.79 Å². The quantitative estimate of drug-likeness (QED) is 0.263. The van der Waals surface area contributed by atoms with Crippen molar-refractivity contribution in [2.75, 3.05) is 0 Å². The summed E-state index contributed by atoms with van der Waals surface area (Å²) in [5, 5.41) is 11.8. The normalized spacial score (nSPS) is 9.50. The van der Waals surface area contributed by atoms with Gasteiger partial charge in [0.2, 0.25) is 0 Å². The van der Waals surface area contributed by atoms with Gasteiger partial charge < -0.3 is 5.11 Å². The lowest BCUT2D eigenvalue weighted by Gasteiger charge is -2.00. The Morgan fingerprint density at radius 1 is 1.12 bits per heavy atom. The summed E-state index contributed by atoms with van der Waals surface area (Å²) in [6, 6.07) is 0. The Hall–Kier alpha value is -1.48. The second-order valence-electron chi connectivity index (χ2n) is 3.77. The highest BCUT2D eigenvalue weighted by Crippen LogP contribution is 2.12. The summed E-state index contributed by atoms with van der Waals surface area (Å²) >= 11 is 0. The van der Waals surface area contributed by atoms with Crippen LogP contribution in [-0.4, -0.2) is 11.1 Å². The molecule has 0 atom stereocenters. The number of rotatable bonds is 10. The molecule has 0 heterocycles. The zero-order chi connectivity index (χ0) is 12.2. The molecule has 0 aliphatic heterocycles. The standard InChI is InChI=1S/C11H19N3O2/c1-10(13-14-12)8-6-4-2-3-5-7-9-11(15)16/h1-9H2,(H,15,16). The summed E-state index contributed by atoms with van der Waals surface area (Å²) in [7, 11) is 0. The smallest absolute Gasteiger partial charge is 0.303 e. The molecule has 5 heteroatoms. The van der Waals surface area contributed by atoms with E-state index >= 15 is 0 Å². The molecule has 0 rings (SSSR count). The fraction of sp³-hybridized carbons (Fsp3) is 0.727. The van der Waals surface area contributed by atoms with Crippen LogP contribution in [0.5, 0.6) is 0 Å². The van der Waals surface area contributed by atoms with Crippen molar-refractivity contribution in [2.24, 2.45) is 5.11 Å². The zero-order valence-corrected chi connectivity index (χ0v) is 9.56. The monoisotopic (exact) mass is 225 g/mol. The molecule has 0 saturated carbocycles. The van der Waals surface area contributed by atoms with Crippen molar-refractivity contribution in [3.05, 3.63) is 22.7 Å². The van der Waals surface area contributed by atoms with E-state index in [2.05, 4.69) is 16.6 Å². The SMILES string of the molecule is C=C(CCCCCCCCC(=O)O)N=[N+]=[N-]. The van der Waals surface area contributed by atoms with Crippen LogP contribution in [0.1, 0.15) is 51.4 Å². The van der Waals surface area contributed by atoms with Crippen molar-refractivity contribution in [1.29, 1.82) is 0 Å². The Morgan fingerprint density at radius 3 is 2.12 bits per heavy atom. The summed E-state index contributed by atoms with van der Waals surface area (Å²) < 4.78 is 0. The summed E-state index contributed by atoms with van der Waals surface area (Å²) in [6.45, 7) is 3.63. The third-order valence-corrected chi connectivity index (χ3v) is 2.29. The minimum absolute atomic E-state index is 0.272. The van der Waals surface area contributed by atoms with Crippen molar-refractivity contribution in [3.8, 4) is 0 Å². The van der Waals surface area contributed by atoms with Gasteiger partial charge in [0.25, 0.3) is 0 Å². The molecule has 0 aromatic heterocycles. The minimum atomic E-state index is -0.717. The number of carboxylic acids is 1. The molecule has 0 radical (unpaired) electrons. The van der Waals surface area contributed by atoms with Gasteiger partial charge in [-0.2, -0.15) is 0 Å². The molecule has 0 aromatic rings. The highest BCUT2D eigenvalue weighted by molar-refractivity contribution is 5.66. The molecule has 0 spiro atoms. The van der Waals surface area contributed by atoms with Gasteiger partial charge in [0.15, 0.2) is 0 Å². The second-order valence-corrected chi connectivity index (χ2v) is 3.77. The van der Waals surface area contributed by atoms with Gasteiger partial charge in [-0.1, -0.05) is 37.4 Å². The highest BCUT2D eigenvalue weighted by Gasteiger charge is 1.96. The molecule has 0 bridgehead atoms. The van der Waals surface area contributed by atoms with Crippen LogP contribution >= 0.6 is 0 Å². The van der Waals surface area contributed by atoms with Gasteiger partial charge in [-0.3, -0.25) is 4.79 Å². The number of carboxylic acid groups (broad SMARTS) is 1. The molecule has 0 unspecified atom stereocenters. The van der Waals surface area contributed by atoms with E-state index in [-0.39, 0.29) is 6.42 Å². The van der Waals surface area contributed by atoms with Crippen molar-refractivity contribution >= 4 is 5.97 Å². The third-order valence-electron chi connectivity index (χ3n) is 2.29. The average Bonchev–Trinajstić information content (AvgIpc) is 2.22. The highest BCUT2D eigenvalue weighted by atomic mass is 16.4. The maximum atomic E-state index is 10.2. The van der Waals surface area contributed by atoms with Gasteiger partial charge >= 0.3 is 5.97 Å².